The summed E-state index contributed by atoms with van der Waals surface area (Å²) in [7, 11) is 0. The molecular weight excluding hydrogens is 296 g/mol. The summed E-state index contributed by atoms with van der Waals surface area (Å²) in [5.74, 6) is -0.649. The zero-order valence-electron chi connectivity index (χ0n) is 10.6. The number of piperidine rings is 1. The first-order chi connectivity index (χ1) is 8.58. The predicted octanol–water partition coefficient (Wildman–Crippen LogP) is 1.91. The molecule has 1 atom stereocenters. The van der Waals surface area contributed by atoms with Crippen molar-refractivity contribution in [2.45, 2.75) is 37.8 Å². The average molecular weight is 317 g/mol. The number of likely N-dealkylation sites (tertiary alicyclic amines) is 2. The molecule has 0 aromatic rings. The maximum Gasteiger partial charge on any atom is 0.320 e. The molecule has 2 aliphatic rings. The van der Waals surface area contributed by atoms with Gasteiger partial charge in [-0.2, -0.15) is 0 Å². The summed E-state index contributed by atoms with van der Waals surface area (Å²) in [4.78, 5) is 15.8. The lowest BCUT2D eigenvalue weighted by molar-refractivity contribution is -0.143. The molecule has 2 rings (SSSR count). The van der Waals surface area contributed by atoms with E-state index < -0.39 is 5.97 Å². The molecule has 0 aromatic heterocycles. The highest BCUT2D eigenvalue weighted by molar-refractivity contribution is 9.11. The quantitative estimate of drug-likeness (QED) is 0.860. The lowest BCUT2D eigenvalue weighted by atomic mass is 10.0. The highest BCUT2D eigenvalue weighted by Gasteiger charge is 2.36. The van der Waals surface area contributed by atoms with E-state index in [0.717, 1.165) is 56.3 Å². The van der Waals surface area contributed by atoms with Gasteiger partial charge in [-0.15, -0.1) is 0 Å². The van der Waals surface area contributed by atoms with E-state index in [1.54, 1.807) is 0 Å². The van der Waals surface area contributed by atoms with Gasteiger partial charge in [0.25, 0.3) is 0 Å². The second kappa shape index (κ2) is 6.17. The van der Waals surface area contributed by atoms with E-state index in [2.05, 4.69) is 32.3 Å². The molecule has 2 saturated heterocycles. The van der Waals surface area contributed by atoms with Crippen molar-refractivity contribution in [2.24, 2.45) is 0 Å². The standard InChI is InChI=1S/C13H21BrN2O2/c1-10(14)9-15-7-4-11(5-8-15)16-6-2-3-12(16)13(17)18/h11-12H,1-9H2,(H,17,18). The zero-order chi connectivity index (χ0) is 13.1. The monoisotopic (exact) mass is 316 g/mol. The minimum Gasteiger partial charge on any atom is -0.480 e. The van der Waals surface area contributed by atoms with Gasteiger partial charge in [0.1, 0.15) is 6.04 Å². The van der Waals surface area contributed by atoms with E-state index in [1.807, 2.05) is 0 Å². The van der Waals surface area contributed by atoms with Crippen LogP contribution in [0.3, 0.4) is 0 Å². The Morgan fingerprint density at radius 1 is 1.28 bits per heavy atom. The molecule has 4 nitrogen and oxygen atoms in total. The Morgan fingerprint density at radius 2 is 1.94 bits per heavy atom. The Bertz CT molecular complexity index is 327. The van der Waals surface area contributed by atoms with Crippen molar-refractivity contribution in [1.82, 2.24) is 9.80 Å². The van der Waals surface area contributed by atoms with Crippen molar-refractivity contribution in [3.8, 4) is 0 Å². The van der Waals surface area contributed by atoms with Gasteiger partial charge >= 0.3 is 5.97 Å². The molecule has 0 saturated carbocycles. The summed E-state index contributed by atoms with van der Waals surface area (Å²) >= 11 is 3.40. The fourth-order valence-corrected chi connectivity index (χ4v) is 3.50. The van der Waals surface area contributed by atoms with Gasteiger partial charge in [-0.1, -0.05) is 22.5 Å². The molecule has 2 heterocycles. The first kappa shape index (κ1) is 14.0. The molecule has 0 spiro atoms. The maximum absolute atomic E-state index is 11.2. The van der Waals surface area contributed by atoms with Crippen molar-refractivity contribution in [2.75, 3.05) is 26.2 Å². The van der Waals surface area contributed by atoms with Crippen molar-refractivity contribution in [3.63, 3.8) is 0 Å². The van der Waals surface area contributed by atoms with Gasteiger partial charge in [0.15, 0.2) is 0 Å². The zero-order valence-corrected chi connectivity index (χ0v) is 12.2. The summed E-state index contributed by atoms with van der Waals surface area (Å²) < 4.78 is 1.02. The van der Waals surface area contributed by atoms with Crippen LogP contribution in [0.1, 0.15) is 25.7 Å². The fraction of sp³-hybridized carbons (Fsp3) is 0.769. The second-order valence-electron chi connectivity index (χ2n) is 5.26. The molecule has 0 radical (unpaired) electrons. The third-order valence-corrected chi connectivity index (χ3v) is 4.25. The van der Waals surface area contributed by atoms with Crippen LogP contribution in [0.2, 0.25) is 0 Å². The number of rotatable bonds is 4. The Labute approximate surface area is 117 Å². The summed E-state index contributed by atoms with van der Waals surface area (Å²) in [6, 6.07) is 0.209. The van der Waals surface area contributed by atoms with Gasteiger partial charge in [-0.25, -0.2) is 0 Å². The highest BCUT2D eigenvalue weighted by Crippen LogP contribution is 2.26. The van der Waals surface area contributed by atoms with E-state index in [-0.39, 0.29) is 6.04 Å². The molecule has 0 aliphatic carbocycles. The van der Waals surface area contributed by atoms with Crippen LogP contribution in [0.25, 0.3) is 0 Å². The number of halogens is 1. The van der Waals surface area contributed by atoms with E-state index in [9.17, 15) is 9.90 Å². The SMILES string of the molecule is C=C(Br)CN1CCC(N2CCCC2C(=O)O)CC1. The summed E-state index contributed by atoms with van der Waals surface area (Å²) in [5, 5.41) is 9.22. The van der Waals surface area contributed by atoms with Gasteiger partial charge in [0.2, 0.25) is 0 Å². The lowest BCUT2D eigenvalue weighted by Crippen LogP contribution is -2.49. The Kier molecular flexibility index (Phi) is 4.81. The largest absolute Gasteiger partial charge is 0.480 e. The number of hydrogen-bond donors (Lipinski definition) is 1. The molecule has 0 amide bonds. The van der Waals surface area contributed by atoms with Crippen molar-refractivity contribution in [1.29, 1.82) is 0 Å². The van der Waals surface area contributed by atoms with E-state index in [0.29, 0.717) is 6.04 Å². The summed E-state index contributed by atoms with van der Waals surface area (Å²) in [6.45, 7) is 7.80. The number of aliphatic carboxylic acids is 1. The number of carboxylic acid groups (broad SMARTS) is 1. The normalized spacial score (nSPS) is 27.5. The molecule has 1 N–H and O–H groups in total. The molecule has 18 heavy (non-hydrogen) atoms. The topological polar surface area (TPSA) is 43.8 Å². The first-order valence-electron chi connectivity index (χ1n) is 6.62. The maximum atomic E-state index is 11.2. The molecule has 2 fully saturated rings. The molecule has 0 bridgehead atoms. The summed E-state index contributed by atoms with van der Waals surface area (Å²) in [5.41, 5.74) is 0. The molecule has 0 aromatic carbocycles. The Morgan fingerprint density at radius 3 is 2.50 bits per heavy atom. The fourth-order valence-electron chi connectivity index (χ4n) is 3.14. The van der Waals surface area contributed by atoms with Crippen LogP contribution >= 0.6 is 15.9 Å². The molecule has 5 heteroatoms. The van der Waals surface area contributed by atoms with Gasteiger partial charge in [-0.05, 0) is 45.3 Å². The van der Waals surface area contributed by atoms with Crippen molar-refractivity contribution >= 4 is 21.9 Å². The third-order valence-electron chi connectivity index (χ3n) is 4.00. The molecule has 102 valence electrons. The van der Waals surface area contributed by atoms with Gasteiger partial charge in [0, 0.05) is 17.1 Å². The average Bonchev–Trinajstić information content (AvgIpc) is 2.78. The lowest BCUT2D eigenvalue weighted by Gasteiger charge is -2.38. The molecular formula is C13H21BrN2O2. The van der Waals surface area contributed by atoms with Crippen LogP contribution in [0.4, 0.5) is 0 Å². The van der Waals surface area contributed by atoms with Gasteiger partial charge in [-0.3, -0.25) is 14.6 Å². The van der Waals surface area contributed by atoms with E-state index >= 15 is 0 Å². The Balaban J connectivity index is 1.85. The molecule has 2 aliphatic heterocycles. The smallest absolute Gasteiger partial charge is 0.320 e. The Hall–Kier alpha value is -0.390. The molecule has 1 unspecified atom stereocenters. The van der Waals surface area contributed by atoms with Crippen molar-refractivity contribution < 1.29 is 9.90 Å². The number of carbonyl (C=O) groups is 1. The minimum atomic E-state index is -0.649. The number of nitrogens with zero attached hydrogens (tertiary/aromatic N) is 2. The first-order valence-corrected chi connectivity index (χ1v) is 7.41. The van der Waals surface area contributed by atoms with E-state index in [1.165, 1.54) is 0 Å². The third kappa shape index (κ3) is 3.33. The van der Waals surface area contributed by atoms with Gasteiger partial charge in [0.05, 0.1) is 0 Å². The number of carboxylic acids is 1. The van der Waals surface area contributed by atoms with Crippen LogP contribution < -0.4 is 0 Å². The van der Waals surface area contributed by atoms with Crippen LogP contribution in [-0.2, 0) is 4.79 Å². The van der Waals surface area contributed by atoms with Crippen LogP contribution in [0.15, 0.2) is 11.1 Å². The highest BCUT2D eigenvalue weighted by atomic mass is 79.9. The van der Waals surface area contributed by atoms with Crippen LogP contribution in [-0.4, -0.2) is 59.1 Å². The predicted molar refractivity (Wildman–Crippen MR) is 74.9 cm³/mol. The van der Waals surface area contributed by atoms with E-state index in [4.69, 9.17) is 0 Å². The minimum absolute atomic E-state index is 0.243. The van der Waals surface area contributed by atoms with Gasteiger partial charge < -0.3 is 5.11 Å². The van der Waals surface area contributed by atoms with Crippen LogP contribution in [0.5, 0.6) is 0 Å². The van der Waals surface area contributed by atoms with Crippen molar-refractivity contribution in [3.05, 3.63) is 11.1 Å². The second-order valence-corrected chi connectivity index (χ2v) is 6.38. The van der Waals surface area contributed by atoms with Crippen LogP contribution in [0, 0.1) is 0 Å². The number of hydrogen-bond acceptors (Lipinski definition) is 3. The summed E-state index contributed by atoms with van der Waals surface area (Å²) in [6.07, 6.45) is 3.98.